The Labute approximate surface area is 136 Å². The largest absolute Gasteiger partial charge is 0.363 e. The van der Waals surface area contributed by atoms with Crippen molar-refractivity contribution in [2.24, 2.45) is 0 Å². The molecular formula is C15H16ClFN4S. The van der Waals surface area contributed by atoms with E-state index in [4.69, 9.17) is 11.6 Å². The number of fused-ring (bicyclic) bond motifs is 1. The number of nitrogens with zero attached hydrogens (tertiary/aromatic N) is 3. The quantitative estimate of drug-likeness (QED) is 0.730. The third-order valence-corrected chi connectivity index (χ3v) is 4.58. The van der Waals surface area contributed by atoms with Crippen LogP contribution in [0.4, 0.5) is 10.2 Å². The van der Waals surface area contributed by atoms with Crippen molar-refractivity contribution in [2.75, 3.05) is 12.0 Å². The lowest BCUT2D eigenvalue weighted by Gasteiger charge is -2.07. The zero-order chi connectivity index (χ0) is 15.5. The first kappa shape index (κ1) is 15.2. The van der Waals surface area contributed by atoms with Crippen molar-refractivity contribution in [2.45, 2.75) is 26.3 Å². The van der Waals surface area contributed by atoms with Gasteiger partial charge in [-0.2, -0.15) is 4.98 Å². The Balaban J connectivity index is 1.94. The lowest BCUT2D eigenvalue weighted by Crippen LogP contribution is -2.05. The maximum Gasteiger partial charge on any atom is 0.243 e. The van der Waals surface area contributed by atoms with Crippen LogP contribution in [0.5, 0.6) is 0 Å². The third-order valence-electron chi connectivity index (χ3n) is 3.54. The molecule has 3 heterocycles. The Morgan fingerprint density at radius 2 is 2.32 bits per heavy atom. The van der Waals surface area contributed by atoms with Crippen molar-refractivity contribution < 1.29 is 4.39 Å². The van der Waals surface area contributed by atoms with Gasteiger partial charge in [-0.25, -0.2) is 4.52 Å². The fourth-order valence-corrected chi connectivity index (χ4v) is 3.23. The van der Waals surface area contributed by atoms with E-state index in [0.717, 1.165) is 16.8 Å². The molecule has 116 valence electrons. The van der Waals surface area contributed by atoms with Gasteiger partial charge in [0.15, 0.2) is 5.82 Å². The number of aryl methyl sites for hydroxylation is 2. The van der Waals surface area contributed by atoms with Crippen LogP contribution in [0.1, 0.15) is 22.6 Å². The summed E-state index contributed by atoms with van der Waals surface area (Å²) in [6, 6.07) is 6.09. The number of thiophene rings is 1. The van der Waals surface area contributed by atoms with E-state index < -0.39 is 0 Å². The molecule has 0 fully saturated rings. The number of aromatic nitrogens is 3. The molecule has 7 heteroatoms. The molecular weight excluding hydrogens is 323 g/mol. The Morgan fingerprint density at radius 1 is 1.45 bits per heavy atom. The fourth-order valence-electron chi connectivity index (χ4n) is 2.42. The van der Waals surface area contributed by atoms with Gasteiger partial charge in [0, 0.05) is 10.6 Å². The molecule has 0 unspecified atom stereocenters. The molecule has 1 N–H and O–H groups in total. The van der Waals surface area contributed by atoms with Gasteiger partial charge >= 0.3 is 0 Å². The summed E-state index contributed by atoms with van der Waals surface area (Å²) in [5, 5.41) is 9.79. The first-order valence-corrected chi connectivity index (χ1v) is 8.32. The van der Waals surface area contributed by atoms with Crippen molar-refractivity contribution in [3.05, 3.63) is 45.0 Å². The van der Waals surface area contributed by atoms with Gasteiger partial charge < -0.3 is 5.32 Å². The average Bonchev–Trinajstić information content (AvgIpc) is 3.12. The van der Waals surface area contributed by atoms with Crippen molar-refractivity contribution in [1.82, 2.24) is 14.6 Å². The van der Waals surface area contributed by atoms with E-state index in [1.165, 1.54) is 4.88 Å². The van der Waals surface area contributed by atoms with Crippen molar-refractivity contribution in [3.63, 3.8) is 0 Å². The second kappa shape index (κ2) is 6.62. The maximum atomic E-state index is 12.4. The van der Waals surface area contributed by atoms with Gasteiger partial charge in [0.05, 0.1) is 13.2 Å². The van der Waals surface area contributed by atoms with Crippen LogP contribution >= 0.6 is 22.9 Å². The van der Waals surface area contributed by atoms with E-state index >= 15 is 0 Å². The molecule has 3 aromatic heterocycles. The second-order valence-electron chi connectivity index (χ2n) is 5.01. The minimum absolute atomic E-state index is 0.192. The van der Waals surface area contributed by atoms with Gasteiger partial charge in [0.2, 0.25) is 5.28 Å². The lowest BCUT2D eigenvalue weighted by molar-refractivity contribution is 0.472. The normalized spacial score (nSPS) is 11.2. The Bertz CT molecular complexity index is 770. The van der Waals surface area contributed by atoms with Crippen LogP contribution in [-0.2, 0) is 13.0 Å². The van der Waals surface area contributed by atoms with Crippen LogP contribution in [-0.4, -0.2) is 21.3 Å². The summed E-state index contributed by atoms with van der Waals surface area (Å²) < 4.78 is 14.2. The van der Waals surface area contributed by atoms with Gasteiger partial charge in [0.1, 0.15) is 5.52 Å². The Hall–Kier alpha value is -1.66. The average molecular weight is 339 g/mol. The van der Waals surface area contributed by atoms with Crippen LogP contribution in [0.15, 0.2) is 23.6 Å². The highest BCUT2D eigenvalue weighted by atomic mass is 35.5. The molecule has 0 amide bonds. The first-order chi connectivity index (χ1) is 10.7. The number of nitrogens with one attached hydrogen (secondary N) is 1. The highest BCUT2D eigenvalue weighted by Gasteiger charge is 2.13. The molecule has 0 bridgehead atoms. The lowest BCUT2D eigenvalue weighted by atomic mass is 10.1. The molecule has 0 atom stereocenters. The molecule has 0 aliphatic carbocycles. The summed E-state index contributed by atoms with van der Waals surface area (Å²) in [7, 11) is 0. The molecule has 0 aromatic carbocycles. The van der Waals surface area contributed by atoms with Crippen molar-refractivity contribution >= 4 is 34.3 Å². The van der Waals surface area contributed by atoms with Crippen LogP contribution < -0.4 is 5.32 Å². The summed E-state index contributed by atoms with van der Waals surface area (Å²) in [4.78, 5) is 5.50. The number of halogens is 2. The van der Waals surface area contributed by atoms with Crippen molar-refractivity contribution in [1.29, 1.82) is 0 Å². The van der Waals surface area contributed by atoms with Gasteiger partial charge in [-0.1, -0.05) is 6.07 Å². The molecule has 3 aromatic rings. The minimum Gasteiger partial charge on any atom is -0.363 e. The topological polar surface area (TPSA) is 42.2 Å². The van der Waals surface area contributed by atoms with Crippen molar-refractivity contribution in [3.8, 4) is 0 Å². The molecule has 22 heavy (non-hydrogen) atoms. The van der Waals surface area contributed by atoms with Gasteiger partial charge in [-0.3, -0.25) is 4.39 Å². The molecule has 4 nitrogen and oxygen atoms in total. The summed E-state index contributed by atoms with van der Waals surface area (Å²) >= 11 is 7.71. The predicted octanol–water partition coefficient (Wildman–Crippen LogP) is 4.27. The van der Waals surface area contributed by atoms with E-state index in [9.17, 15) is 4.39 Å². The van der Waals surface area contributed by atoms with Crippen LogP contribution in [0, 0.1) is 6.92 Å². The standard InChI is InChI=1S/C15H16ClFN4S/c1-10-11(4-2-6-17)8-13-14(19-15(16)20-21(10)13)18-9-12-5-3-7-22-12/h3,5,7-8H,2,4,6,9H2,1H3,(H,18,19,20). The number of anilines is 1. The fraction of sp³-hybridized carbons (Fsp3) is 0.333. The second-order valence-corrected chi connectivity index (χ2v) is 6.38. The Morgan fingerprint density at radius 3 is 3.05 bits per heavy atom. The number of hydrogen-bond donors (Lipinski definition) is 1. The molecule has 0 aliphatic heterocycles. The molecule has 0 radical (unpaired) electrons. The number of rotatable bonds is 6. The zero-order valence-corrected chi connectivity index (χ0v) is 13.7. The van der Waals surface area contributed by atoms with Crippen LogP contribution in [0.2, 0.25) is 5.28 Å². The minimum atomic E-state index is -0.318. The Kier molecular flexibility index (Phi) is 4.59. The first-order valence-electron chi connectivity index (χ1n) is 7.06. The van der Waals surface area contributed by atoms with E-state index in [1.54, 1.807) is 15.9 Å². The zero-order valence-electron chi connectivity index (χ0n) is 12.1. The van der Waals surface area contributed by atoms with Gasteiger partial charge in [-0.05, 0) is 54.4 Å². The molecule has 0 saturated heterocycles. The third kappa shape index (κ3) is 3.08. The predicted molar refractivity (Wildman–Crippen MR) is 88.7 cm³/mol. The number of alkyl halides is 1. The summed E-state index contributed by atoms with van der Waals surface area (Å²) in [5.41, 5.74) is 2.92. The monoisotopic (exact) mass is 338 g/mol. The van der Waals surface area contributed by atoms with Gasteiger partial charge in [0.25, 0.3) is 0 Å². The van der Waals surface area contributed by atoms with E-state index in [1.807, 2.05) is 24.4 Å². The van der Waals surface area contributed by atoms with Crippen LogP contribution in [0.25, 0.3) is 5.52 Å². The molecule has 0 saturated carbocycles. The smallest absolute Gasteiger partial charge is 0.243 e. The maximum absolute atomic E-state index is 12.4. The van der Waals surface area contributed by atoms with Gasteiger partial charge in [-0.15, -0.1) is 16.4 Å². The van der Waals surface area contributed by atoms with E-state index in [-0.39, 0.29) is 12.0 Å². The number of hydrogen-bond acceptors (Lipinski definition) is 4. The highest BCUT2D eigenvalue weighted by Crippen LogP contribution is 2.24. The molecule has 3 rings (SSSR count). The van der Waals surface area contributed by atoms with E-state index in [2.05, 4.69) is 21.5 Å². The summed E-state index contributed by atoms with van der Waals surface area (Å²) in [5.74, 6) is 0.697. The highest BCUT2D eigenvalue weighted by molar-refractivity contribution is 7.09. The van der Waals surface area contributed by atoms with Crippen LogP contribution in [0.3, 0.4) is 0 Å². The van der Waals surface area contributed by atoms with E-state index in [0.29, 0.717) is 25.2 Å². The summed E-state index contributed by atoms with van der Waals surface area (Å²) in [6.07, 6.45) is 1.20. The molecule has 0 aliphatic rings. The summed E-state index contributed by atoms with van der Waals surface area (Å²) in [6.45, 7) is 2.33. The SMILES string of the molecule is Cc1c(CCCF)cc2c(NCc3cccs3)nc(Cl)nn12. The molecule has 0 spiro atoms.